The molecule has 1 spiro atoms. The minimum atomic E-state index is -0.743. The summed E-state index contributed by atoms with van der Waals surface area (Å²) in [7, 11) is 0. The highest BCUT2D eigenvalue weighted by molar-refractivity contribution is 6.44. The van der Waals surface area contributed by atoms with Gasteiger partial charge in [0.25, 0.3) is 5.91 Å². The molecule has 1 saturated heterocycles. The molecule has 1 amide bonds. The van der Waals surface area contributed by atoms with Crippen LogP contribution in [-0.4, -0.2) is 39.5 Å². The molecule has 5 rings (SSSR count). The van der Waals surface area contributed by atoms with Crippen molar-refractivity contribution < 1.29 is 9.53 Å². The number of anilines is 2. The zero-order valence-electron chi connectivity index (χ0n) is 17.5. The number of carbonyl (C=O) groups is 1. The lowest BCUT2D eigenvalue weighted by Crippen LogP contribution is -2.52. The third-order valence-corrected chi connectivity index (χ3v) is 7.09. The number of nitrogens with two attached hydrogens (primary N) is 3. The van der Waals surface area contributed by atoms with Crippen molar-refractivity contribution in [2.45, 2.75) is 24.5 Å². The molecule has 2 aliphatic heterocycles. The smallest absolute Gasteiger partial charge is 0.268 e. The van der Waals surface area contributed by atoms with E-state index in [1.165, 1.54) is 0 Å². The summed E-state index contributed by atoms with van der Waals surface area (Å²) >= 11 is 12.5. The van der Waals surface area contributed by atoms with Gasteiger partial charge in [-0.2, -0.15) is 4.98 Å². The first-order valence-electron chi connectivity index (χ1n) is 10.4. The van der Waals surface area contributed by atoms with Gasteiger partial charge in [-0.25, -0.2) is 9.97 Å². The standard InChI is InChI=1S/C22H21Cl2N7O2/c23-13-5-1-3-11(15(13)24)14-16(19(27)32)29-21(30-18(14)26)31-9-6-22(7-10-31)17(25)12-4-2-8-28-20(12)33-22/h1-5,8,17H,6-7,9-10,25H2,(H2,27,32)(H2,26,29,30)/t17-/m1/s1. The summed E-state index contributed by atoms with van der Waals surface area (Å²) in [6.07, 6.45) is 2.94. The van der Waals surface area contributed by atoms with Crippen molar-refractivity contribution in [1.82, 2.24) is 15.0 Å². The van der Waals surface area contributed by atoms with Crippen LogP contribution in [0.3, 0.4) is 0 Å². The molecule has 4 heterocycles. The summed E-state index contributed by atoms with van der Waals surface area (Å²) < 4.78 is 6.19. The molecular formula is C22H21Cl2N7O2. The van der Waals surface area contributed by atoms with Crippen LogP contribution in [0.1, 0.15) is 34.9 Å². The van der Waals surface area contributed by atoms with Gasteiger partial charge < -0.3 is 26.8 Å². The average Bonchev–Trinajstić information content (AvgIpc) is 3.07. The first kappa shape index (κ1) is 21.7. The molecule has 9 nitrogen and oxygen atoms in total. The molecule has 0 radical (unpaired) electrons. The van der Waals surface area contributed by atoms with Crippen molar-refractivity contribution in [1.29, 1.82) is 0 Å². The van der Waals surface area contributed by atoms with Crippen LogP contribution in [0.15, 0.2) is 36.5 Å². The van der Waals surface area contributed by atoms with Crippen molar-refractivity contribution in [3.63, 3.8) is 0 Å². The van der Waals surface area contributed by atoms with Crippen LogP contribution in [0.25, 0.3) is 11.1 Å². The van der Waals surface area contributed by atoms with Crippen LogP contribution < -0.4 is 26.8 Å². The second-order valence-electron chi connectivity index (χ2n) is 8.13. The monoisotopic (exact) mass is 485 g/mol. The van der Waals surface area contributed by atoms with Crippen LogP contribution in [-0.2, 0) is 0 Å². The Morgan fingerprint density at radius 3 is 2.61 bits per heavy atom. The molecule has 0 unspecified atom stereocenters. The van der Waals surface area contributed by atoms with Crippen LogP contribution in [0.2, 0.25) is 10.0 Å². The van der Waals surface area contributed by atoms with Gasteiger partial charge in [-0.1, -0.05) is 41.4 Å². The van der Waals surface area contributed by atoms with E-state index in [0.29, 0.717) is 48.3 Å². The van der Waals surface area contributed by atoms with E-state index in [2.05, 4.69) is 15.0 Å². The summed E-state index contributed by atoms with van der Waals surface area (Å²) in [5.74, 6) is 0.231. The van der Waals surface area contributed by atoms with Crippen LogP contribution in [0.5, 0.6) is 5.88 Å². The highest BCUT2D eigenvalue weighted by atomic mass is 35.5. The van der Waals surface area contributed by atoms with E-state index >= 15 is 0 Å². The first-order chi connectivity index (χ1) is 15.8. The van der Waals surface area contributed by atoms with Crippen molar-refractivity contribution in [2.75, 3.05) is 23.7 Å². The molecule has 1 atom stereocenters. The molecule has 33 heavy (non-hydrogen) atoms. The summed E-state index contributed by atoms with van der Waals surface area (Å²) in [6, 6.07) is 8.54. The molecule has 0 bridgehead atoms. The number of halogens is 2. The Morgan fingerprint density at radius 1 is 1.15 bits per heavy atom. The number of primary amides is 1. The van der Waals surface area contributed by atoms with Gasteiger partial charge in [-0.3, -0.25) is 4.79 Å². The van der Waals surface area contributed by atoms with E-state index in [-0.39, 0.29) is 28.1 Å². The predicted molar refractivity (Wildman–Crippen MR) is 126 cm³/mol. The van der Waals surface area contributed by atoms with E-state index in [1.807, 2.05) is 17.0 Å². The third-order valence-electron chi connectivity index (χ3n) is 6.27. The summed E-state index contributed by atoms with van der Waals surface area (Å²) in [4.78, 5) is 27.4. The molecular weight excluding hydrogens is 465 g/mol. The Labute approximate surface area is 199 Å². The molecule has 1 fully saturated rings. The number of fused-ring (bicyclic) bond motifs is 1. The fourth-order valence-corrected chi connectivity index (χ4v) is 4.91. The van der Waals surface area contributed by atoms with Gasteiger partial charge in [0.2, 0.25) is 11.8 Å². The molecule has 6 N–H and O–H groups in total. The van der Waals surface area contributed by atoms with E-state index in [4.69, 9.17) is 45.1 Å². The average molecular weight is 486 g/mol. The van der Waals surface area contributed by atoms with E-state index < -0.39 is 11.5 Å². The largest absolute Gasteiger partial charge is 0.469 e. The number of rotatable bonds is 3. The highest BCUT2D eigenvalue weighted by Crippen LogP contribution is 2.46. The Morgan fingerprint density at radius 2 is 1.91 bits per heavy atom. The van der Waals surface area contributed by atoms with E-state index in [1.54, 1.807) is 24.4 Å². The van der Waals surface area contributed by atoms with Gasteiger partial charge in [0.15, 0.2) is 0 Å². The van der Waals surface area contributed by atoms with Gasteiger partial charge in [0.05, 0.1) is 21.7 Å². The maximum Gasteiger partial charge on any atom is 0.268 e. The van der Waals surface area contributed by atoms with Crippen molar-refractivity contribution in [3.8, 4) is 17.0 Å². The maximum absolute atomic E-state index is 12.3. The number of benzene rings is 1. The number of hydrogen-bond donors (Lipinski definition) is 3. The Balaban J connectivity index is 1.45. The number of amides is 1. The normalized spacial score (nSPS) is 18.8. The van der Waals surface area contributed by atoms with Crippen LogP contribution in [0, 0.1) is 0 Å². The number of nitrogens with zero attached hydrogens (tertiary/aromatic N) is 4. The Kier molecular flexibility index (Phi) is 5.27. The summed E-state index contributed by atoms with van der Waals surface area (Å²) in [5.41, 5.74) is 19.5. The molecule has 11 heteroatoms. The lowest BCUT2D eigenvalue weighted by atomic mass is 9.83. The fraction of sp³-hybridized carbons (Fsp3) is 0.273. The molecule has 3 aromatic rings. The lowest BCUT2D eigenvalue weighted by Gasteiger charge is -2.40. The number of aromatic nitrogens is 3. The van der Waals surface area contributed by atoms with Gasteiger partial charge in [-0.15, -0.1) is 0 Å². The zero-order chi connectivity index (χ0) is 23.3. The predicted octanol–water partition coefficient (Wildman–Crippen LogP) is 2.96. The SMILES string of the molecule is NC(=O)c1nc(N2CCC3(CC2)Oc2ncccc2[C@H]3N)nc(N)c1-c1cccc(Cl)c1Cl. The Bertz CT molecular complexity index is 1260. The summed E-state index contributed by atoms with van der Waals surface area (Å²) in [6.45, 7) is 1.10. The molecule has 1 aromatic carbocycles. The number of carbonyl (C=O) groups excluding carboxylic acids is 1. The van der Waals surface area contributed by atoms with Gasteiger partial charge >= 0.3 is 0 Å². The summed E-state index contributed by atoms with van der Waals surface area (Å²) in [5, 5.41) is 0.558. The van der Waals surface area contributed by atoms with Gasteiger partial charge in [-0.05, 0) is 12.1 Å². The number of piperidine rings is 1. The number of ether oxygens (including phenoxy) is 1. The highest BCUT2D eigenvalue weighted by Gasteiger charge is 2.49. The quantitative estimate of drug-likeness (QED) is 0.512. The molecule has 0 aliphatic carbocycles. The number of pyridine rings is 1. The van der Waals surface area contributed by atoms with E-state index in [0.717, 1.165) is 5.56 Å². The van der Waals surface area contributed by atoms with Gasteiger partial charge in [0.1, 0.15) is 17.1 Å². The minimum absolute atomic E-state index is 0.0209. The minimum Gasteiger partial charge on any atom is -0.469 e. The van der Waals surface area contributed by atoms with Gasteiger partial charge in [0, 0.05) is 43.3 Å². The number of nitrogen functional groups attached to an aromatic ring is 1. The van der Waals surface area contributed by atoms with Crippen molar-refractivity contribution in [2.24, 2.45) is 11.5 Å². The Hall–Kier alpha value is -3.14. The van der Waals surface area contributed by atoms with Crippen LogP contribution in [0.4, 0.5) is 11.8 Å². The first-order valence-corrected chi connectivity index (χ1v) is 11.1. The number of hydrogen-bond acceptors (Lipinski definition) is 8. The van der Waals surface area contributed by atoms with E-state index in [9.17, 15) is 4.79 Å². The zero-order valence-corrected chi connectivity index (χ0v) is 19.0. The molecule has 2 aliphatic rings. The van der Waals surface area contributed by atoms with Crippen molar-refractivity contribution >= 4 is 40.9 Å². The third kappa shape index (κ3) is 3.52. The van der Waals surface area contributed by atoms with Crippen molar-refractivity contribution in [3.05, 3.63) is 57.8 Å². The second kappa shape index (κ2) is 8.02. The second-order valence-corrected chi connectivity index (χ2v) is 8.91. The lowest BCUT2D eigenvalue weighted by molar-refractivity contribution is 0.0396. The molecule has 0 saturated carbocycles. The molecule has 2 aromatic heterocycles. The maximum atomic E-state index is 12.3. The van der Waals surface area contributed by atoms with Crippen LogP contribution >= 0.6 is 23.2 Å². The topological polar surface area (TPSA) is 146 Å². The fourth-order valence-electron chi connectivity index (χ4n) is 4.51. The molecule has 170 valence electrons.